The molecule has 1 aliphatic rings. The first kappa shape index (κ1) is 30.0. The fourth-order valence-corrected chi connectivity index (χ4v) is 7.13. The van der Waals surface area contributed by atoms with Gasteiger partial charge >= 0.3 is 5.97 Å². The van der Waals surface area contributed by atoms with Crippen molar-refractivity contribution in [1.29, 1.82) is 0 Å². The van der Waals surface area contributed by atoms with Gasteiger partial charge in [0.05, 0.1) is 17.6 Å². The highest BCUT2D eigenvalue weighted by Gasteiger charge is 2.40. The zero-order valence-electron chi connectivity index (χ0n) is 24.0. The smallest absolute Gasteiger partial charge is 0.322 e. The molecule has 3 aromatic rings. The molecule has 0 amide bonds. The van der Waals surface area contributed by atoms with Gasteiger partial charge in [-0.3, -0.25) is 4.79 Å². The molecule has 0 bridgehead atoms. The Morgan fingerprint density at radius 2 is 1.68 bits per heavy atom. The van der Waals surface area contributed by atoms with E-state index in [0.29, 0.717) is 24.7 Å². The summed E-state index contributed by atoms with van der Waals surface area (Å²) >= 11 is 0. The highest BCUT2D eigenvalue weighted by molar-refractivity contribution is 7.89. The molecular weight excluding hydrogens is 528 g/mol. The molecule has 9 heteroatoms. The summed E-state index contributed by atoms with van der Waals surface area (Å²) < 4.78 is 40.9. The summed E-state index contributed by atoms with van der Waals surface area (Å²) in [4.78, 5) is 17.0. The van der Waals surface area contributed by atoms with E-state index in [1.165, 1.54) is 4.31 Å². The van der Waals surface area contributed by atoms with E-state index in [1.807, 2.05) is 45.0 Å². The quantitative estimate of drug-likeness (QED) is 0.296. The van der Waals surface area contributed by atoms with Crippen molar-refractivity contribution in [2.75, 3.05) is 6.54 Å². The molecule has 1 heterocycles. The first-order chi connectivity index (χ1) is 19.0. The van der Waals surface area contributed by atoms with Gasteiger partial charge in [0.25, 0.3) is 0 Å². The lowest BCUT2D eigenvalue weighted by Gasteiger charge is -2.36. The molecule has 0 radical (unpaired) electrons. The fraction of sp³-hybridized carbons (Fsp3) is 0.484. The van der Waals surface area contributed by atoms with Crippen LogP contribution in [0.3, 0.4) is 0 Å². The van der Waals surface area contributed by atoms with Gasteiger partial charge in [0.2, 0.25) is 15.9 Å². The number of benzene rings is 2. The Hall–Kier alpha value is -3.01. The minimum absolute atomic E-state index is 0.0268. The molecule has 1 aromatic heterocycles. The summed E-state index contributed by atoms with van der Waals surface area (Å²) in [5, 5.41) is 10.0. The number of ether oxygens (including phenoxy) is 1. The summed E-state index contributed by atoms with van der Waals surface area (Å²) in [5.74, 6) is -0.296. The van der Waals surface area contributed by atoms with Crippen molar-refractivity contribution in [3.63, 3.8) is 0 Å². The van der Waals surface area contributed by atoms with Crippen molar-refractivity contribution in [1.82, 2.24) is 9.29 Å². The first-order valence-corrected chi connectivity index (χ1v) is 15.4. The molecule has 40 heavy (non-hydrogen) atoms. The van der Waals surface area contributed by atoms with Gasteiger partial charge < -0.3 is 14.3 Å². The maximum absolute atomic E-state index is 13.7. The topological polar surface area (TPSA) is 110 Å². The summed E-state index contributed by atoms with van der Waals surface area (Å²) in [6.07, 6.45) is 3.11. The fourth-order valence-electron chi connectivity index (χ4n) is 5.34. The zero-order valence-corrected chi connectivity index (χ0v) is 24.8. The minimum atomic E-state index is -4.02. The van der Waals surface area contributed by atoms with Crippen LogP contribution in [0.2, 0.25) is 0 Å². The van der Waals surface area contributed by atoms with Crippen LogP contribution in [0.5, 0.6) is 0 Å². The van der Waals surface area contributed by atoms with E-state index in [2.05, 4.69) is 4.98 Å². The molecule has 216 valence electrons. The second-order valence-electron chi connectivity index (χ2n) is 11.3. The van der Waals surface area contributed by atoms with E-state index in [9.17, 15) is 18.3 Å². The van der Waals surface area contributed by atoms with Crippen LogP contribution in [0, 0.1) is 32.6 Å². The van der Waals surface area contributed by atoms with Gasteiger partial charge in [-0.15, -0.1) is 0 Å². The van der Waals surface area contributed by atoms with Gasteiger partial charge in [0.15, 0.2) is 0 Å². The standard InChI is InChI=1S/C31H40N2O6S/c1-20(2)29(31(34)35)33(40(36,37)27-15-11-22(4)12-16-27)18-24-7-6-8-26(17-24)38-19-28-23(5)39-30(32-28)25-13-9-21(3)10-14-25/h9-16,20,24,26,29H,6-8,17-19H2,1-5H3,(H,34,35)/t24?,26?,29-/m0/s1. The lowest BCUT2D eigenvalue weighted by atomic mass is 9.86. The molecule has 1 saturated carbocycles. The Morgan fingerprint density at radius 1 is 1.05 bits per heavy atom. The summed E-state index contributed by atoms with van der Waals surface area (Å²) in [6.45, 7) is 9.71. The van der Waals surface area contributed by atoms with Crippen molar-refractivity contribution in [2.24, 2.45) is 11.8 Å². The molecule has 3 atom stereocenters. The summed E-state index contributed by atoms with van der Waals surface area (Å²) in [7, 11) is -4.02. The van der Waals surface area contributed by atoms with Gasteiger partial charge in [-0.2, -0.15) is 4.31 Å². The van der Waals surface area contributed by atoms with Gasteiger partial charge in [-0.25, -0.2) is 13.4 Å². The summed E-state index contributed by atoms with van der Waals surface area (Å²) in [5.41, 5.74) is 3.75. The molecule has 1 fully saturated rings. The number of hydrogen-bond acceptors (Lipinski definition) is 6. The Labute approximate surface area is 237 Å². The monoisotopic (exact) mass is 568 g/mol. The van der Waals surface area contributed by atoms with Gasteiger partial charge in [-0.05, 0) is 76.1 Å². The Kier molecular flexibility index (Phi) is 9.48. The molecule has 4 rings (SSSR count). The predicted octanol–water partition coefficient (Wildman–Crippen LogP) is 6.14. The molecule has 1 N–H and O–H groups in total. The van der Waals surface area contributed by atoms with E-state index in [-0.39, 0.29) is 23.5 Å². The van der Waals surface area contributed by atoms with E-state index < -0.39 is 28.0 Å². The van der Waals surface area contributed by atoms with Gasteiger partial charge in [-0.1, -0.05) is 55.7 Å². The van der Waals surface area contributed by atoms with Crippen LogP contribution < -0.4 is 0 Å². The Morgan fingerprint density at radius 3 is 2.27 bits per heavy atom. The van der Waals surface area contributed by atoms with E-state index >= 15 is 0 Å². The number of aryl methyl sites for hydroxylation is 3. The van der Waals surface area contributed by atoms with Crippen molar-refractivity contribution in [3.8, 4) is 11.5 Å². The number of carboxylic acids is 1. The average Bonchev–Trinajstić information content (AvgIpc) is 3.28. The number of aliphatic carboxylic acids is 1. The zero-order chi connectivity index (χ0) is 29.0. The molecular formula is C31H40N2O6S. The van der Waals surface area contributed by atoms with Crippen LogP contribution >= 0.6 is 0 Å². The number of nitrogens with zero attached hydrogens (tertiary/aromatic N) is 2. The van der Waals surface area contributed by atoms with Crippen molar-refractivity contribution in [3.05, 3.63) is 71.1 Å². The van der Waals surface area contributed by atoms with Crippen molar-refractivity contribution < 1.29 is 27.5 Å². The number of sulfonamides is 1. The lowest BCUT2D eigenvalue weighted by Crippen LogP contribution is -2.50. The van der Waals surface area contributed by atoms with E-state index in [0.717, 1.165) is 41.6 Å². The Bertz CT molecular complexity index is 1400. The van der Waals surface area contributed by atoms with Crippen LogP contribution in [-0.4, -0.2) is 47.5 Å². The number of carbonyl (C=O) groups is 1. The number of oxazole rings is 1. The van der Waals surface area contributed by atoms with Crippen molar-refractivity contribution >= 4 is 16.0 Å². The number of aromatic nitrogens is 1. The van der Waals surface area contributed by atoms with Crippen LogP contribution in [0.4, 0.5) is 0 Å². The van der Waals surface area contributed by atoms with Gasteiger partial charge in [0, 0.05) is 12.1 Å². The second kappa shape index (κ2) is 12.7. The average molecular weight is 569 g/mol. The third-order valence-electron chi connectivity index (χ3n) is 7.64. The second-order valence-corrected chi connectivity index (χ2v) is 13.2. The maximum Gasteiger partial charge on any atom is 0.322 e. The number of hydrogen-bond donors (Lipinski definition) is 1. The highest BCUT2D eigenvalue weighted by atomic mass is 32.2. The molecule has 1 aliphatic carbocycles. The molecule has 2 aromatic carbocycles. The summed E-state index contributed by atoms with van der Waals surface area (Å²) in [6, 6.07) is 13.4. The minimum Gasteiger partial charge on any atom is -0.480 e. The van der Waals surface area contributed by atoms with Gasteiger partial charge in [0.1, 0.15) is 17.5 Å². The van der Waals surface area contributed by atoms with Crippen molar-refractivity contribution in [2.45, 2.75) is 84.0 Å². The number of rotatable bonds is 11. The SMILES string of the molecule is Cc1ccc(-c2nc(COC3CCCC(CN([C@H](C(=O)O)C(C)C)S(=O)(=O)c4ccc(C)cc4)C3)c(C)o2)cc1. The highest BCUT2D eigenvalue weighted by Crippen LogP contribution is 2.32. The lowest BCUT2D eigenvalue weighted by molar-refractivity contribution is -0.143. The molecule has 0 aliphatic heterocycles. The molecule has 0 spiro atoms. The Balaban J connectivity index is 1.47. The third-order valence-corrected chi connectivity index (χ3v) is 9.50. The van der Waals surface area contributed by atoms with Crippen LogP contribution in [0.1, 0.15) is 62.1 Å². The number of carboxylic acid groups (broad SMARTS) is 1. The van der Waals surface area contributed by atoms with E-state index in [4.69, 9.17) is 9.15 Å². The maximum atomic E-state index is 13.7. The van der Waals surface area contributed by atoms with Crippen LogP contribution in [0.25, 0.3) is 11.5 Å². The van der Waals surface area contributed by atoms with E-state index in [1.54, 1.807) is 38.1 Å². The van der Waals surface area contributed by atoms with Crippen LogP contribution in [-0.2, 0) is 26.2 Å². The largest absolute Gasteiger partial charge is 0.480 e. The molecule has 0 saturated heterocycles. The first-order valence-electron chi connectivity index (χ1n) is 13.9. The predicted molar refractivity (Wildman–Crippen MR) is 153 cm³/mol. The molecule has 2 unspecified atom stereocenters. The van der Waals surface area contributed by atoms with Crippen LogP contribution in [0.15, 0.2) is 57.8 Å². The normalized spacial score (nSPS) is 18.8. The third kappa shape index (κ3) is 7.00. The molecule has 8 nitrogen and oxygen atoms in total.